The van der Waals surface area contributed by atoms with Gasteiger partial charge in [0.15, 0.2) is 5.82 Å². The van der Waals surface area contributed by atoms with Gasteiger partial charge < -0.3 is 15.1 Å². The molecule has 1 N–H and O–H groups in total. The molecule has 2 aromatic carbocycles. The van der Waals surface area contributed by atoms with Crippen LogP contribution in [0.1, 0.15) is 63.2 Å². The van der Waals surface area contributed by atoms with Gasteiger partial charge in [0.25, 0.3) is 11.8 Å². The molecule has 3 heterocycles. The van der Waals surface area contributed by atoms with Crippen molar-refractivity contribution in [2.24, 2.45) is 0 Å². The maximum atomic E-state index is 14.2. The highest BCUT2D eigenvalue weighted by atomic mass is 19.4. The predicted molar refractivity (Wildman–Crippen MR) is 147 cm³/mol. The second kappa shape index (κ2) is 9.60. The molecule has 1 aromatic heterocycles. The average molecular weight is 564 g/mol. The van der Waals surface area contributed by atoms with Gasteiger partial charge >= 0.3 is 6.18 Å². The normalized spacial score (nSPS) is 20.3. The van der Waals surface area contributed by atoms with Gasteiger partial charge in [-0.05, 0) is 56.0 Å². The third-order valence-electron chi connectivity index (χ3n) is 7.86. The number of hydrogen-bond donors (Lipinski definition) is 1. The molecule has 3 aromatic rings. The fraction of sp³-hybridized carbons (Fsp3) is 0.333. The van der Waals surface area contributed by atoms with Crippen molar-refractivity contribution in [1.82, 2.24) is 10.3 Å². The number of nitrogens with zero attached hydrogens (tertiary/aromatic N) is 4. The molecule has 11 heteroatoms. The molecular weight excluding hydrogens is 535 g/mol. The molecule has 1 aliphatic carbocycles. The topological polar surface area (TPSA) is 85.9 Å². The lowest BCUT2D eigenvalue weighted by molar-refractivity contribution is -0.126. The lowest BCUT2D eigenvalue weighted by Gasteiger charge is -2.40. The van der Waals surface area contributed by atoms with E-state index in [2.05, 4.69) is 10.3 Å². The number of anilines is 3. The highest BCUT2D eigenvalue weighted by molar-refractivity contribution is 6.17. The maximum Gasteiger partial charge on any atom is 0.406 e. The van der Waals surface area contributed by atoms with Crippen LogP contribution >= 0.6 is 0 Å². The molecular formula is C30H28F3N5O3. The summed E-state index contributed by atoms with van der Waals surface area (Å²) in [4.78, 5) is 48.3. The van der Waals surface area contributed by atoms with Gasteiger partial charge in [0.2, 0.25) is 5.91 Å². The quantitative estimate of drug-likeness (QED) is 0.484. The van der Waals surface area contributed by atoms with Crippen LogP contribution in [0.2, 0.25) is 0 Å². The number of fused-ring (bicyclic) bond motifs is 2. The zero-order valence-corrected chi connectivity index (χ0v) is 22.7. The number of carbonyl (C=O) groups is 3. The molecule has 41 heavy (non-hydrogen) atoms. The minimum Gasteiger partial charge on any atom is -0.349 e. The van der Waals surface area contributed by atoms with Gasteiger partial charge in [-0.2, -0.15) is 13.2 Å². The number of amides is 3. The molecule has 0 radical (unpaired) electrons. The summed E-state index contributed by atoms with van der Waals surface area (Å²) in [6, 6.07) is 14.0. The van der Waals surface area contributed by atoms with Crippen molar-refractivity contribution in [3.8, 4) is 0 Å². The van der Waals surface area contributed by atoms with E-state index in [9.17, 15) is 27.6 Å². The van der Waals surface area contributed by atoms with Crippen molar-refractivity contribution in [3.05, 3.63) is 82.4 Å². The largest absolute Gasteiger partial charge is 0.406 e. The van der Waals surface area contributed by atoms with Gasteiger partial charge in [-0.3, -0.25) is 19.3 Å². The summed E-state index contributed by atoms with van der Waals surface area (Å²) in [5.41, 5.74) is 3.07. The van der Waals surface area contributed by atoms with E-state index < -0.39 is 36.6 Å². The smallest absolute Gasteiger partial charge is 0.349 e. The fourth-order valence-corrected chi connectivity index (χ4v) is 5.57. The first kappa shape index (κ1) is 26.8. The highest BCUT2D eigenvalue weighted by Crippen LogP contribution is 2.45. The Balaban J connectivity index is 1.50. The van der Waals surface area contributed by atoms with Crippen molar-refractivity contribution in [2.45, 2.75) is 51.0 Å². The number of likely N-dealkylation sites (N-methyl/N-ethyl adjacent to an activating group) is 1. The van der Waals surface area contributed by atoms with Crippen LogP contribution in [0.15, 0.2) is 54.6 Å². The van der Waals surface area contributed by atoms with E-state index in [0.29, 0.717) is 5.56 Å². The molecule has 6 rings (SSSR count). The van der Waals surface area contributed by atoms with Crippen LogP contribution in [0.25, 0.3) is 0 Å². The average Bonchev–Trinajstić information content (AvgIpc) is 3.70. The van der Waals surface area contributed by atoms with Crippen molar-refractivity contribution >= 4 is 35.0 Å². The van der Waals surface area contributed by atoms with Crippen LogP contribution in [0, 0.1) is 6.92 Å². The summed E-state index contributed by atoms with van der Waals surface area (Å²) in [5, 5.41) is 2.94. The minimum absolute atomic E-state index is 0.0486. The van der Waals surface area contributed by atoms with E-state index in [1.807, 2.05) is 31.2 Å². The number of carbonyl (C=O) groups excluding carboxylic acids is 3. The summed E-state index contributed by atoms with van der Waals surface area (Å²) in [6.07, 6.45) is -2.82. The standard InChI is InChI=1S/C30H28F3N5O3/c1-16-7-9-18(10-8-16)25-20-5-4-6-21(27(39)34-19-11-12-19)24(20)29(41)38(25)23-14-13-22-26(35-23)37(15-30(31,32)33)17(2)28(40)36(22)3/h4-10,13-14,17,19,25H,11-12,15H2,1-3H3,(H,34,39). The molecule has 0 spiro atoms. The number of aryl methyl sites for hydroxylation is 1. The third-order valence-corrected chi connectivity index (χ3v) is 7.86. The Morgan fingerprint density at radius 3 is 2.41 bits per heavy atom. The number of hydrogen-bond acceptors (Lipinski definition) is 5. The molecule has 0 bridgehead atoms. The van der Waals surface area contributed by atoms with Crippen LogP contribution in [0.3, 0.4) is 0 Å². The molecule has 1 saturated carbocycles. The first-order valence-corrected chi connectivity index (χ1v) is 13.4. The van der Waals surface area contributed by atoms with Crippen LogP contribution in [0.5, 0.6) is 0 Å². The Morgan fingerprint density at radius 1 is 1.05 bits per heavy atom. The Hall–Kier alpha value is -4.41. The Bertz CT molecular complexity index is 1570. The first-order valence-electron chi connectivity index (χ1n) is 13.4. The first-order chi connectivity index (χ1) is 19.4. The SMILES string of the molecule is Cc1ccc(C2c3cccc(C(=O)NC4CC4)c3C(=O)N2c2ccc3c(n2)N(CC(F)(F)F)C(C)C(=O)N3C)cc1. The van der Waals surface area contributed by atoms with E-state index in [1.165, 1.54) is 35.9 Å². The second-order valence-corrected chi connectivity index (χ2v) is 10.8. The van der Waals surface area contributed by atoms with Crippen molar-refractivity contribution in [2.75, 3.05) is 28.3 Å². The van der Waals surface area contributed by atoms with Gasteiger partial charge in [-0.15, -0.1) is 0 Å². The van der Waals surface area contributed by atoms with Gasteiger partial charge in [0, 0.05) is 13.1 Å². The van der Waals surface area contributed by atoms with Gasteiger partial charge in [-0.25, -0.2) is 4.98 Å². The lowest BCUT2D eigenvalue weighted by Crippen LogP contribution is -2.53. The summed E-state index contributed by atoms with van der Waals surface area (Å²) in [5.74, 6) is -1.25. The zero-order valence-electron chi connectivity index (χ0n) is 22.7. The summed E-state index contributed by atoms with van der Waals surface area (Å²) < 4.78 is 40.8. The number of rotatable bonds is 5. The molecule has 8 nitrogen and oxygen atoms in total. The minimum atomic E-state index is -4.59. The monoisotopic (exact) mass is 563 g/mol. The third kappa shape index (κ3) is 4.68. The van der Waals surface area contributed by atoms with Crippen molar-refractivity contribution in [3.63, 3.8) is 0 Å². The maximum absolute atomic E-state index is 14.2. The summed E-state index contributed by atoms with van der Waals surface area (Å²) >= 11 is 0. The van der Waals surface area contributed by atoms with Crippen LogP contribution in [-0.2, 0) is 4.79 Å². The van der Waals surface area contributed by atoms with E-state index in [4.69, 9.17) is 0 Å². The molecule has 2 unspecified atom stereocenters. The Labute approximate surface area is 234 Å². The molecule has 3 aliphatic rings. The second-order valence-electron chi connectivity index (χ2n) is 10.8. The highest BCUT2D eigenvalue weighted by Gasteiger charge is 2.45. The molecule has 2 atom stereocenters. The number of benzene rings is 2. The van der Waals surface area contributed by atoms with E-state index >= 15 is 0 Å². The number of halogens is 3. The van der Waals surface area contributed by atoms with Gasteiger partial charge in [-0.1, -0.05) is 42.0 Å². The van der Waals surface area contributed by atoms with Gasteiger partial charge in [0.1, 0.15) is 18.4 Å². The Morgan fingerprint density at radius 2 is 1.76 bits per heavy atom. The molecule has 212 valence electrons. The van der Waals surface area contributed by atoms with Crippen LogP contribution < -0.4 is 20.0 Å². The lowest BCUT2D eigenvalue weighted by atomic mass is 9.94. The van der Waals surface area contributed by atoms with Crippen molar-refractivity contribution in [1.29, 1.82) is 0 Å². The fourth-order valence-electron chi connectivity index (χ4n) is 5.57. The summed E-state index contributed by atoms with van der Waals surface area (Å²) in [6.45, 7) is 1.96. The number of pyridine rings is 1. The Kier molecular flexibility index (Phi) is 6.28. The van der Waals surface area contributed by atoms with E-state index in [-0.39, 0.29) is 40.4 Å². The number of alkyl halides is 3. The van der Waals surface area contributed by atoms with Crippen molar-refractivity contribution < 1.29 is 27.6 Å². The number of nitrogens with one attached hydrogen (secondary N) is 1. The van der Waals surface area contributed by atoms with Gasteiger partial charge in [0.05, 0.1) is 22.9 Å². The molecule has 1 fully saturated rings. The molecule has 0 saturated heterocycles. The summed E-state index contributed by atoms with van der Waals surface area (Å²) in [7, 11) is 1.49. The van der Waals surface area contributed by atoms with Crippen LogP contribution in [0.4, 0.5) is 30.5 Å². The van der Waals surface area contributed by atoms with E-state index in [1.54, 1.807) is 18.2 Å². The van der Waals surface area contributed by atoms with Crippen LogP contribution in [-0.4, -0.2) is 54.6 Å². The molecule has 3 amide bonds. The zero-order chi connectivity index (χ0) is 29.2. The molecule has 2 aliphatic heterocycles. The predicted octanol–water partition coefficient (Wildman–Crippen LogP) is 4.77. The van der Waals surface area contributed by atoms with E-state index in [0.717, 1.165) is 28.9 Å². The number of aromatic nitrogens is 1.